The van der Waals surface area contributed by atoms with Crippen LogP contribution < -0.4 is 5.56 Å². The molecule has 0 aliphatic heterocycles. The first-order valence-electron chi connectivity index (χ1n) is 7.36. The van der Waals surface area contributed by atoms with Gasteiger partial charge in [0, 0.05) is 18.6 Å². The van der Waals surface area contributed by atoms with E-state index in [0.29, 0.717) is 22.5 Å². The summed E-state index contributed by atoms with van der Waals surface area (Å²) in [4.78, 5) is 26.2. The van der Waals surface area contributed by atoms with Crippen LogP contribution in [0.3, 0.4) is 0 Å². The van der Waals surface area contributed by atoms with Gasteiger partial charge >= 0.3 is 0 Å². The molecule has 3 rings (SSSR count). The van der Waals surface area contributed by atoms with E-state index in [0.717, 1.165) is 10.2 Å². The predicted octanol–water partition coefficient (Wildman–Crippen LogP) is 2.10. The zero-order valence-corrected chi connectivity index (χ0v) is 13.8. The summed E-state index contributed by atoms with van der Waals surface area (Å²) >= 11 is 6.11. The zero-order valence-electron chi connectivity index (χ0n) is 13.0. The fourth-order valence-electron chi connectivity index (χ4n) is 2.35. The van der Waals surface area contributed by atoms with Gasteiger partial charge in [-0.25, -0.2) is 4.68 Å². The van der Waals surface area contributed by atoms with Gasteiger partial charge in [-0.2, -0.15) is 0 Å². The maximum atomic E-state index is 12.4. The van der Waals surface area contributed by atoms with Crippen molar-refractivity contribution in [2.45, 2.75) is 13.1 Å². The van der Waals surface area contributed by atoms with Crippen LogP contribution in [0.1, 0.15) is 5.56 Å². The van der Waals surface area contributed by atoms with Gasteiger partial charge in [0.2, 0.25) is 5.91 Å². The molecule has 1 aromatic heterocycles. The number of fused-ring (bicyclic) bond motifs is 1. The summed E-state index contributed by atoms with van der Waals surface area (Å²) < 4.78 is 1.08. The number of amides is 1. The Morgan fingerprint density at radius 2 is 1.88 bits per heavy atom. The summed E-state index contributed by atoms with van der Waals surface area (Å²) in [5, 5.41) is 8.84. The van der Waals surface area contributed by atoms with Gasteiger partial charge in [-0.3, -0.25) is 9.59 Å². The van der Waals surface area contributed by atoms with Gasteiger partial charge in [0.1, 0.15) is 12.1 Å². The fraction of sp³-hybridized carbons (Fsp3) is 0.176. The molecule has 2 aromatic carbocycles. The number of benzene rings is 2. The van der Waals surface area contributed by atoms with E-state index in [1.54, 1.807) is 37.4 Å². The molecule has 24 heavy (non-hydrogen) atoms. The van der Waals surface area contributed by atoms with Gasteiger partial charge in [-0.05, 0) is 23.8 Å². The first-order chi connectivity index (χ1) is 11.6. The number of hydrogen-bond donors (Lipinski definition) is 0. The van der Waals surface area contributed by atoms with Gasteiger partial charge in [0.25, 0.3) is 5.56 Å². The standard InChI is InChI=1S/C17H15ClN4O2/c1-21(10-12-6-2-4-8-14(12)18)16(23)11-22-17(24)13-7-3-5-9-15(13)19-20-22/h2-9H,10-11H2,1H3. The quantitative estimate of drug-likeness (QED) is 0.728. The lowest BCUT2D eigenvalue weighted by atomic mass is 10.2. The Hall–Kier alpha value is -2.73. The van der Waals surface area contributed by atoms with Gasteiger partial charge in [0.05, 0.1) is 5.39 Å². The number of aromatic nitrogens is 3. The highest BCUT2D eigenvalue weighted by Gasteiger charge is 2.14. The molecule has 0 aliphatic rings. The zero-order chi connectivity index (χ0) is 17.1. The van der Waals surface area contributed by atoms with Crippen LogP contribution in [0, 0.1) is 0 Å². The molecule has 7 heteroatoms. The third kappa shape index (κ3) is 3.28. The second-order valence-electron chi connectivity index (χ2n) is 5.41. The topological polar surface area (TPSA) is 68.1 Å². The van der Waals surface area contributed by atoms with Crippen LogP contribution in [0.5, 0.6) is 0 Å². The van der Waals surface area contributed by atoms with Crippen LogP contribution >= 0.6 is 11.6 Å². The van der Waals surface area contributed by atoms with Crippen molar-refractivity contribution in [2.75, 3.05) is 7.05 Å². The Labute approximate surface area is 143 Å². The Kier molecular flexibility index (Phi) is 4.57. The van der Waals surface area contributed by atoms with Gasteiger partial charge in [-0.15, -0.1) is 5.10 Å². The van der Waals surface area contributed by atoms with Crippen LogP contribution in [-0.4, -0.2) is 32.8 Å². The molecule has 3 aromatic rings. The summed E-state index contributed by atoms with van der Waals surface area (Å²) in [5.41, 5.74) is 1.02. The minimum atomic E-state index is -0.333. The van der Waals surface area contributed by atoms with Gasteiger partial charge < -0.3 is 4.90 Å². The average molecular weight is 343 g/mol. The summed E-state index contributed by atoms with van der Waals surface area (Å²) in [6.07, 6.45) is 0. The third-order valence-electron chi connectivity index (χ3n) is 3.71. The fourth-order valence-corrected chi connectivity index (χ4v) is 2.54. The first-order valence-corrected chi connectivity index (χ1v) is 7.74. The number of rotatable bonds is 4. The maximum Gasteiger partial charge on any atom is 0.278 e. The Morgan fingerprint density at radius 1 is 1.17 bits per heavy atom. The molecule has 0 unspecified atom stereocenters. The largest absolute Gasteiger partial charge is 0.340 e. The molecule has 0 radical (unpaired) electrons. The number of halogens is 1. The minimum Gasteiger partial charge on any atom is -0.340 e. The number of hydrogen-bond acceptors (Lipinski definition) is 4. The lowest BCUT2D eigenvalue weighted by Crippen LogP contribution is -2.35. The molecule has 0 saturated carbocycles. The molecule has 0 bridgehead atoms. The number of likely N-dealkylation sites (N-methyl/N-ethyl adjacent to an activating group) is 1. The molecule has 6 nitrogen and oxygen atoms in total. The van der Waals surface area contributed by atoms with Crippen LogP contribution in [0.15, 0.2) is 53.3 Å². The smallest absolute Gasteiger partial charge is 0.278 e. The Morgan fingerprint density at radius 3 is 2.67 bits per heavy atom. The molecular formula is C17H15ClN4O2. The van der Waals surface area contributed by atoms with Crippen molar-refractivity contribution in [2.24, 2.45) is 0 Å². The Bertz CT molecular complexity index is 954. The lowest BCUT2D eigenvalue weighted by Gasteiger charge is -2.18. The molecule has 0 aliphatic carbocycles. The van der Waals surface area contributed by atoms with E-state index >= 15 is 0 Å². The molecular weight excluding hydrogens is 328 g/mol. The predicted molar refractivity (Wildman–Crippen MR) is 91.7 cm³/mol. The number of nitrogens with zero attached hydrogens (tertiary/aromatic N) is 4. The molecule has 0 N–H and O–H groups in total. The summed E-state index contributed by atoms with van der Waals surface area (Å²) in [6, 6.07) is 14.2. The van der Waals surface area contributed by atoms with Crippen molar-refractivity contribution < 1.29 is 4.79 Å². The summed E-state index contributed by atoms with van der Waals surface area (Å²) in [5.74, 6) is -0.249. The van der Waals surface area contributed by atoms with Crippen molar-refractivity contribution >= 4 is 28.4 Å². The van der Waals surface area contributed by atoms with Crippen molar-refractivity contribution in [3.05, 3.63) is 69.5 Å². The van der Waals surface area contributed by atoms with Crippen molar-refractivity contribution in [3.8, 4) is 0 Å². The van der Waals surface area contributed by atoms with E-state index in [-0.39, 0.29) is 18.0 Å². The molecule has 0 fully saturated rings. The van der Waals surface area contributed by atoms with Crippen molar-refractivity contribution in [3.63, 3.8) is 0 Å². The molecule has 122 valence electrons. The van der Waals surface area contributed by atoms with E-state index in [1.807, 2.05) is 18.2 Å². The summed E-state index contributed by atoms with van der Waals surface area (Å²) in [7, 11) is 1.66. The summed E-state index contributed by atoms with van der Waals surface area (Å²) in [6.45, 7) is 0.186. The van der Waals surface area contributed by atoms with E-state index in [9.17, 15) is 9.59 Å². The second kappa shape index (κ2) is 6.80. The lowest BCUT2D eigenvalue weighted by molar-refractivity contribution is -0.131. The van der Waals surface area contributed by atoms with E-state index < -0.39 is 0 Å². The highest BCUT2D eigenvalue weighted by molar-refractivity contribution is 6.31. The van der Waals surface area contributed by atoms with Crippen molar-refractivity contribution in [1.82, 2.24) is 19.9 Å². The molecule has 1 heterocycles. The van der Waals surface area contributed by atoms with Gasteiger partial charge in [-0.1, -0.05) is 47.1 Å². The van der Waals surface area contributed by atoms with Crippen molar-refractivity contribution in [1.29, 1.82) is 0 Å². The van der Waals surface area contributed by atoms with Gasteiger partial charge in [0.15, 0.2) is 0 Å². The molecule has 1 amide bonds. The van der Waals surface area contributed by atoms with Crippen LogP contribution in [-0.2, 0) is 17.9 Å². The maximum absolute atomic E-state index is 12.4. The number of carbonyl (C=O) groups is 1. The second-order valence-corrected chi connectivity index (χ2v) is 5.82. The normalized spacial score (nSPS) is 10.8. The minimum absolute atomic E-state index is 0.169. The first kappa shape index (κ1) is 16.1. The monoisotopic (exact) mass is 342 g/mol. The van der Waals surface area contributed by atoms with E-state index in [2.05, 4.69) is 10.3 Å². The van der Waals surface area contributed by atoms with Crippen LogP contribution in [0.2, 0.25) is 5.02 Å². The highest BCUT2D eigenvalue weighted by atomic mass is 35.5. The highest BCUT2D eigenvalue weighted by Crippen LogP contribution is 2.16. The van der Waals surface area contributed by atoms with E-state index in [1.165, 1.54) is 4.90 Å². The van der Waals surface area contributed by atoms with Crippen LogP contribution in [0.4, 0.5) is 0 Å². The molecule has 0 saturated heterocycles. The Balaban J connectivity index is 1.78. The number of carbonyl (C=O) groups excluding carboxylic acids is 1. The van der Waals surface area contributed by atoms with Crippen LogP contribution in [0.25, 0.3) is 10.9 Å². The SMILES string of the molecule is CN(Cc1ccccc1Cl)C(=O)Cn1nnc2ccccc2c1=O. The van der Waals surface area contributed by atoms with E-state index in [4.69, 9.17) is 11.6 Å². The molecule has 0 spiro atoms. The molecule has 0 atom stereocenters. The average Bonchev–Trinajstić information content (AvgIpc) is 2.59. The third-order valence-corrected chi connectivity index (χ3v) is 4.07.